The van der Waals surface area contributed by atoms with Crippen LogP contribution in [-0.4, -0.2) is 6.18 Å². The van der Waals surface area contributed by atoms with Crippen molar-refractivity contribution < 1.29 is 13.2 Å². The fraction of sp³-hybridized carbons (Fsp3) is 0.600. The van der Waals surface area contributed by atoms with E-state index in [0.29, 0.717) is 12.0 Å². The third-order valence-electron chi connectivity index (χ3n) is 2.36. The van der Waals surface area contributed by atoms with Crippen LogP contribution < -0.4 is 0 Å². The fourth-order valence-electron chi connectivity index (χ4n) is 1.58. The molecule has 0 aromatic heterocycles. The zero-order valence-corrected chi connectivity index (χ0v) is 7.73. The van der Waals surface area contributed by atoms with Crippen LogP contribution in [0.2, 0.25) is 0 Å². The average Bonchev–Trinajstić information content (AvgIpc) is 2.03. The van der Waals surface area contributed by atoms with Crippen LogP contribution in [0.15, 0.2) is 23.8 Å². The van der Waals surface area contributed by atoms with E-state index in [9.17, 15) is 13.2 Å². The number of rotatable bonds is 1. The largest absolute Gasteiger partial charge is 0.395 e. The van der Waals surface area contributed by atoms with Crippen LogP contribution in [0.4, 0.5) is 13.2 Å². The van der Waals surface area contributed by atoms with Crippen molar-refractivity contribution in [2.45, 2.75) is 26.4 Å². The highest BCUT2D eigenvalue weighted by Crippen LogP contribution is 2.38. The third kappa shape index (κ3) is 2.36. The summed E-state index contributed by atoms with van der Waals surface area (Å²) in [7, 11) is 0. The molecule has 1 aliphatic carbocycles. The van der Waals surface area contributed by atoms with Crippen molar-refractivity contribution in [3.8, 4) is 0 Å². The molecule has 0 amide bonds. The summed E-state index contributed by atoms with van der Waals surface area (Å²) in [6, 6.07) is 0. The van der Waals surface area contributed by atoms with E-state index in [1.54, 1.807) is 26.0 Å². The summed E-state index contributed by atoms with van der Waals surface area (Å²) in [6.45, 7) is 3.48. The van der Waals surface area contributed by atoms with Gasteiger partial charge in [0.1, 0.15) is 0 Å². The molecule has 0 aromatic carbocycles. The van der Waals surface area contributed by atoms with Crippen molar-refractivity contribution in [2.24, 2.45) is 11.8 Å². The number of halogens is 3. The van der Waals surface area contributed by atoms with Crippen molar-refractivity contribution >= 4 is 0 Å². The summed E-state index contributed by atoms with van der Waals surface area (Å²) >= 11 is 0. The Morgan fingerprint density at radius 1 is 1.38 bits per heavy atom. The van der Waals surface area contributed by atoms with Crippen molar-refractivity contribution in [3.63, 3.8) is 0 Å². The molecule has 1 aliphatic rings. The maximum absolute atomic E-state index is 12.5. The van der Waals surface area contributed by atoms with Crippen LogP contribution in [0, 0.1) is 11.8 Å². The number of alkyl halides is 3. The van der Waals surface area contributed by atoms with E-state index in [1.165, 1.54) is 6.08 Å². The topological polar surface area (TPSA) is 0 Å². The van der Waals surface area contributed by atoms with Crippen molar-refractivity contribution in [3.05, 3.63) is 23.8 Å². The quantitative estimate of drug-likeness (QED) is 0.591. The molecule has 0 saturated carbocycles. The molecular formula is C10H13F3. The SMILES string of the molecule is CCC1C=CC(C)=C[C@@H]1C(F)(F)F. The lowest BCUT2D eigenvalue weighted by Gasteiger charge is -2.26. The molecular weight excluding hydrogens is 177 g/mol. The molecule has 0 fully saturated rings. The predicted molar refractivity (Wildman–Crippen MR) is 46.2 cm³/mol. The molecule has 0 nitrogen and oxygen atoms in total. The molecule has 1 unspecified atom stereocenters. The smallest absolute Gasteiger partial charge is 0.170 e. The number of allylic oxidation sites excluding steroid dienone is 4. The Morgan fingerprint density at radius 3 is 2.46 bits per heavy atom. The van der Waals surface area contributed by atoms with E-state index in [2.05, 4.69) is 0 Å². The van der Waals surface area contributed by atoms with Gasteiger partial charge in [-0.15, -0.1) is 0 Å². The van der Waals surface area contributed by atoms with Gasteiger partial charge < -0.3 is 0 Å². The first kappa shape index (κ1) is 10.4. The van der Waals surface area contributed by atoms with Gasteiger partial charge in [0.25, 0.3) is 0 Å². The predicted octanol–water partition coefficient (Wildman–Crippen LogP) is 3.71. The van der Waals surface area contributed by atoms with Gasteiger partial charge in [0.15, 0.2) is 0 Å². The van der Waals surface area contributed by atoms with Crippen LogP contribution in [0.5, 0.6) is 0 Å². The summed E-state index contributed by atoms with van der Waals surface area (Å²) in [5.41, 5.74) is 0.701. The second kappa shape index (κ2) is 3.56. The van der Waals surface area contributed by atoms with E-state index in [4.69, 9.17) is 0 Å². The molecule has 1 rings (SSSR count). The van der Waals surface area contributed by atoms with Gasteiger partial charge in [0.05, 0.1) is 5.92 Å². The summed E-state index contributed by atoms with van der Waals surface area (Å²) in [4.78, 5) is 0. The second-order valence-electron chi connectivity index (χ2n) is 3.41. The summed E-state index contributed by atoms with van der Waals surface area (Å²) in [5, 5.41) is 0. The van der Waals surface area contributed by atoms with Crippen LogP contribution in [0.25, 0.3) is 0 Å². The van der Waals surface area contributed by atoms with Gasteiger partial charge in [-0.25, -0.2) is 0 Å². The number of hydrogen-bond donors (Lipinski definition) is 0. The standard InChI is InChI=1S/C10H13F3/c1-3-8-5-4-7(2)6-9(8)10(11,12)13/h4-6,8-9H,3H2,1-2H3/t8?,9-/m0/s1. The molecule has 0 heterocycles. The molecule has 0 bridgehead atoms. The van der Waals surface area contributed by atoms with Gasteiger partial charge in [-0.05, 0) is 19.3 Å². The fourth-order valence-corrected chi connectivity index (χ4v) is 1.58. The summed E-state index contributed by atoms with van der Waals surface area (Å²) < 4.78 is 37.4. The van der Waals surface area contributed by atoms with Crippen LogP contribution in [-0.2, 0) is 0 Å². The molecule has 3 heteroatoms. The lowest BCUT2D eigenvalue weighted by Crippen LogP contribution is -2.29. The highest BCUT2D eigenvalue weighted by atomic mass is 19.4. The molecule has 2 atom stereocenters. The molecule has 0 aromatic rings. The minimum absolute atomic E-state index is 0.385. The van der Waals surface area contributed by atoms with Gasteiger partial charge in [0, 0.05) is 0 Å². The monoisotopic (exact) mass is 190 g/mol. The first-order chi connectivity index (χ1) is 5.95. The van der Waals surface area contributed by atoms with Crippen LogP contribution >= 0.6 is 0 Å². The Kier molecular flexibility index (Phi) is 2.84. The Labute approximate surface area is 76.1 Å². The van der Waals surface area contributed by atoms with Gasteiger partial charge in [0.2, 0.25) is 0 Å². The van der Waals surface area contributed by atoms with Crippen molar-refractivity contribution in [2.75, 3.05) is 0 Å². The lowest BCUT2D eigenvalue weighted by atomic mass is 9.84. The maximum atomic E-state index is 12.5. The maximum Gasteiger partial charge on any atom is 0.395 e. The first-order valence-corrected chi connectivity index (χ1v) is 4.38. The van der Waals surface area contributed by atoms with E-state index >= 15 is 0 Å². The molecule has 13 heavy (non-hydrogen) atoms. The molecule has 0 N–H and O–H groups in total. The molecule has 74 valence electrons. The average molecular weight is 190 g/mol. The highest BCUT2D eigenvalue weighted by molar-refractivity contribution is 5.24. The Hall–Kier alpha value is -0.730. The van der Waals surface area contributed by atoms with Crippen LogP contribution in [0.1, 0.15) is 20.3 Å². The van der Waals surface area contributed by atoms with Crippen molar-refractivity contribution in [1.29, 1.82) is 0 Å². The van der Waals surface area contributed by atoms with E-state index in [1.807, 2.05) is 0 Å². The Bertz CT molecular complexity index is 235. The highest BCUT2D eigenvalue weighted by Gasteiger charge is 2.42. The first-order valence-electron chi connectivity index (χ1n) is 4.38. The van der Waals surface area contributed by atoms with Crippen LogP contribution in [0.3, 0.4) is 0 Å². The summed E-state index contributed by atoms with van der Waals surface area (Å²) in [5.74, 6) is -1.67. The van der Waals surface area contributed by atoms with Gasteiger partial charge in [-0.3, -0.25) is 0 Å². The molecule has 0 spiro atoms. The van der Waals surface area contributed by atoms with Crippen molar-refractivity contribution in [1.82, 2.24) is 0 Å². The van der Waals surface area contributed by atoms with Gasteiger partial charge in [-0.2, -0.15) is 13.2 Å². The van der Waals surface area contributed by atoms with Gasteiger partial charge >= 0.3 is 6.18 Å². The molecule has 0 radical (unpaired) electrons. The zero-order valence-electron chi connectivity index (χ0n) is 7.73. The summed E-state index contributed by atoms with van der Waals surface area (Å²) in [6.07, 6.45) is 1.16. The zero-order chi connectivity index (χ0) is 10.1. The van der Waals surface area contributed by atoms with Gasteiger partial charge in [-0.1, -0.05) is 30.7 Å². The molecule has 0 saturated heterocycles. The molecule has 0 aliphatic heterocycles. The second-order valence-corrected chi connectivity index (χ2v) is 3.41. The van der Waals surface area contributed by atoms with E-state index in [-0.39, 0.29) is 5.92 Å². The minimum Gasteiger partial charge on any atom is -0.170 e. The minimum atomic E-state index is -4.10. The Morgan fingerprint density at radius 2 is 2.00 bits per heavy atom. The Balaban J connectivity index is 2.87. The third-order valence-corrected chi connectivity index (χ3v) is 2.36. The normalized spacial score (nSPS) is 28.8. The van der Waals surface area contributed by atoms with E-state index in [0.717, 1.165) is 0 Å². The lowest BCUT2D eigenvalue weighted by molar-refractivity contribution is -0.170. The number of hydrogen-bond acceptors (Lipinski definition) is 0. The van der Waals surface area contributed by atoms with E-state index < -0.39 is 12.1 Å².